The quantitative estimate of drug-likeness (QED) is 0.466. The number of rotatable bonds is 4. The number of anilines is 2. The number of hydrogen-bond donors (Lipinski definition) is 2. The molecule has 2 N–H and O–H groups in total. The first-order valence-corrected chi connectivity index (χ1v) is 12.3. The molecule has 0 saturated carbocycles. The predicted molar refractivity (Wildman–Crippen MR) is 129 cm³/mol. The van der Waals surface area contributed by atoms with E-state index in [4.69, 9.17) is 4.74 Å². The van der Waals surface area contributed by atoms with Gasteiger partial charge in [0.1, 0.15) is 22.7 Å². The molecule has 1 atom stereocenters. The van der Waals surface area contributed by atoms with E-state index in [1.54, 1.807) is 31.0 Å². The lowest BCUT2D eigenvalue weighted by Crippen LogP contribution is -2.41. The van der Waals surface area contributed by atoms with E-state index in [2.05, 4.69) is 30.4 Å². The van der Waals surface area contributed by atoms with Gasteiger partial charge in [-0.05, 0) is 50.2 Å². The molecule has 4 heterocycles. The molecule has 6 rings (SSSR count). The Morgan fingerprint density at radius 3 is 2.97 bits per heavy atom. The van der Waals surface area contributed by atoms with Gasteiger partial charge in [-0.1, -0.05) is 0 Å². The molecular weight excluding hydrogens is 436 g/mol. The molecule has 1 unspecified atom stereocenters. The Labute approximate surface area is 195 Å². The fourth-order valence-corrected chi connectivity index (χ4v) is 6.42. The van der Waals surface area contributed by atoms with Crippen molar-refractivity contribution in [1.29, 1.82) is 0 Å². The Morgan fingerprint density at radius 2 is 2.12 bits per heavy atom. The first-order valence-electron chi connectivity index (χ1n) is 11.5. The number of ether oxygens (including phenoxy) is 1. The van der Waals surface area contributed by atoms with Gasteiger partial charge in [-0.2, -0.15) is 5.10 Å². The van der Waals surface area contributed by atoms with Gasteiger partial charge in [0.15, 0.2) is 0 Å². The number of benzene rings is 1. The summed E-state index contributed by atoms with van der Waals surface area (Å²) in [5, 5.41) is 12.6. The molecule has 1 aliphatic carbocycles. The summed E-state index contributed by atoms with van der Waals surface area (Å²) in [5.74, 6) is 1.91. The van der Waals surface area contributed by atoms with Crippen molar-refractivity contribution in [2.75, 3.05) is 25.5 Å². The average Bonchev–Trinajstić information content (AvgIpc) is 3.47. The van der Waals surface area contributed by atoms with Crippen molar-refractivity contribution in [1.82, 2.24) is 25.1 Å². The smallest absolute Gasteiger partial charge is 0.226 e. The van der Waals surface area contributed by atoms with Crippen LogP contribution in [-0.2, 0) is 17.6 Å². The minimum Gasteiger partial charge on any atom is -0.494 e. The molecule has 8 nitrogen and oxygen atoms in total. The van der Waals surface area contributed by atoms with Gasteiger partial charge in [-0.15, -0.1) is 11.3 Å². The van der Waals surface area contributed by atoms with Gasteiger partial charge in [-0.3, -0.25) is 9.89 Å². The third kappa shape index (κ3) is 3.60. The first kappa shape index (κ1) is 20.4. The molecule has 0 spiro atoms. The number of nitrogens with one attached hydrogen (secondary N) is 2. The number of amides is 1. The van der Waals surface area contributed by atoms with E-state index in [-0.39, 0.29) is 5.92 Å². The average molecular weight is 463 g/mol. The monoisotopic (exact) mass is 462 g/mol. The molecule has 3 aromatic heterocycles. The number of carbonyl (C=O) groups excluding carboxylic acids is 1. The fourth-order valence-electron chi connectivity index (χ4n) is 5.15. The lowest BCUT2D eigenvalue weighted by molar-refractivity contribution is -0.136. The lowest BCUT2D eigenvalue weighted by atomic mass is 9.86. The molecule has 9 heteroatoms. The zero-order valence-electron chi connectivity index (χ0n) is 18.6. The fraction of sp³-hybridized carbons (Fsp3) is 0.417. The number of piperidine rings is 1. The zero-order valence-corrected chi connectivity index (χ0v) is 19.4. The third-order valence-corrected chi connectivity index (χ3v) is 8.04. The Morgan fingerprint density at radius 1 is 1.24 bits per heavy atom. The van der Waals surface area contributed by atoms with Gasteiger partial charge in [0.2, 0.25) is 5.91 Å². The molecule has 1 saturated heterocycles. The first-order chi connectivity index (χ1) is 16.2. The highest BCUT2D eigenvalue weighted by molar-refractivity contribution is 7.19. The van der Waals surface area contributed by atoms with Crippen LogP contribution in [0.4, 0.5) is 11.5 Å². The number of carbonyl (C=O) groups is 1. The van der Waals surface area contributed by atoms with Crippen LogP contribution in [0.1, 0.15) is 36.1 Å². The van der Waals surface area contributed by atoms with Crippen molar-refractivity contribution in [3.05, 3.63) is 35.1 Å². The molecular formula is C24H26N6O2S. The summed E-state index contributed by atoms with van der Waals surface area (Å²) in [4.78, 5) is 26.6. The summed E-state index contributed by atoms with van der Waals surface area (Å²) >= 11 is 1.70. The lowest BCUT2D eigenvalue weighted by Gasteiger charge is -2.32. The van der Waals surface area contributed by atoms with Crippen molar-refractivity contribution in [3.8, 4) is 5.75 Å². The van der Waals surface area contributed by atoms with E-state index in [0.717, 1.165) is 83.6 Å². The zero-order chi connectivity index (χ0) is 22.4. The number of aromatic nitrogens is 4. The molecule has 1 amide bonds. The molecule has 2 aliphatic rings. The second kappa shape index (κ2) is 8.30. The maximum atomic E-state index is 13.1. The van der Waals surface area contributed by atoms with Crippen LogP contribution in [0.5, 0.6) is 5.75 Å². The minimum atomic E-state index is 0.0802. The summed E-state index contributed by atoms with van der Waals surface area (Å²) < 4.78 is 5.61. The maximum absolute atomic E-state index is 13.1. The Hall–Kier alpha value is -3.20. The summed E-state index contributed by atoms with van der Waals surface area (Å²) in [5.41, 5.74) is 3.03. The second-order valence-electron chi connectivity index (χ2n) is 8.87. The molecule has 0 bridgehead atoms. The number of aryl methyl sites for hydroxylation is 1. The van der Waals surface area contributed by atoms with Crippen molar-refractivity contribution >= 4 is 49.9 Å². The van der Waals surface area contributed by atoms with E-state index in [1.165, 1.54) is 16.9 Å². The van der Waals surface area contributed by atoms with Gasteiger partial charge in [0.05, 0.1) is 29.9 Å². The van der Waals surface area contributed by atoms with E-state index in [9.17, 15) is 4.79 Å². The highest BCUT2D eigenvalue weighted by atomic mass is 32.1. The van der Waals surface area contributed by atoms with Crippen LogP contribution in [0, 0.1) is 5.92 Å². The molecule has 1 aliphatic heterocycles. The van der Waals surface area contributed by atoms with Crippen molar-refractivity contribution in [2.24, 2.45) is 5.92 Å². The van der Waals surface area contributed by atoms with Gasteiger partial charge < -0.3 is 15.0 Å². The van der Waals surface area contributed by atoms with E-state index in [1.807, 2.05) is 12.1 Å². The number of H-pyrrole nitrogens is 1. The summed E-state index contributed by atoms with van der Waals surface area (Å²) in [7, 11) is 1.66. The Balaban J connectivity index is 1.32. The number of nitrogens with zero attached hydrogens (tertiary/aromatic N) is 4. The van der Waals surface area contributed by atoms with Crippen molar-refractivity contribution < 1.29 is 9.53 Å². The van der Waals surface area contributed by atoms with Crippen LogP contribution in [0.3, 0.4) is 0 Å². The van der Waals surface area contributed by atoms with Gasteiger partial charge >= 0.3 is 0 Å². The van der Waals surface area contributed by atoms with Crippen molar-refractivity contribution in [2.45, 2.75) is 38.5 Å². The third-order valence-electron chi connectivity index (χ3n) is 6.88. The molecule has 1 fully saturated rings. The molecule has 1 aromatic carbocycles. The number of thiophene rings is 1. The second-order valence-corrected chi connectivity index (χ2v) is 9.95. The molecule has 0 radical (unpaired) electrons. The number of aromatic amines is 1. The number of methoxy groups -OCH3 is 1. The van der Waals surface area contributed by atoms with Crippen molar-refractivity contribution in [3.63, 3.8) is 0 Å². The standard InChI is InChI=1S/C24H26N6O2S/c1-32-19-11-17-15(12-27-29-17)9-18(19)28-22-21-16-6-5-14(24(31)30-7-3-2-4-8-30)10-20(16)33-23(21)26-13-25-22/h9,11-14H,2-8,10H2,1H3,(H,27,29)(H,25,26,28). The van der Waals surface area contributed by atoms with E-state index >= 15 is 0 Å². The van der Waals surface area contributed by atoms with Crippen LogP contribution in [0.15, 0.2) is 24.7 Å². The van der Waals surface area contributed by atoms with E-state index < -0.39 is 0 Å². The maximum Gasteiger partial charge on any atom is 0.226 e. The van der Waals surface area contributed by atoms with Gasteiger partial charge in [0.25, 0.3) is 0 Å². The molecule has 170 valence electrons. The molecule has 4 aromatic rings. The van der Waals surface area contributed by atoms with E-state index in [0.29, 0.717) is 5.91 Å². The largest absolute Gasteiger partial charge is 0.494 e. The van der Waals surface area contributed by atoms with Gasteiger partial charge in [0, 0.05) is 35.3 Å². The normalized spacial score (nSPS) is 18.5. The SMILES string of the molecule is COc1cc2[nH]ncc2cc1Nc1ncnc2sc3c(c12)CCC(C(=O)N1CCCCC1)C3. The summed E-state index contributed by atoms with van der Waals surface area (Å²) in [6, 6.07) is 3.95. The number of likely N-dealkylation sites (tertiary alicyclic amines) is 1. The summed E-state index contributed by atoms with van der Waals surface area (Å²) in [6.07, 6.45) is 9.45. The Bertz CT molecular complexity index is 1340. The number of fused-ring (bicyclic) bond motifs is 4. The van der Waals surface area contributed by atoms with Crippen LogP contribution < -0.4 is 10.1 Å². The predicted octanol–water partition coefficient (Wildman–Crippen LogP) is 4.44. The number of hydrogen-bond acceptors (Lipinski definition) is 7. The highest BCUT2D eigenvalue weighted by Gasteiger charge is 2.32. The molecule has 33 heavy (non-hydrogen) atoms. The highest BCUT2D eigenvalue weighted by Crippen LogP contribution is 2.42. The topological polar surface area (TPSA) is 96.0 Å². The Kier molecular flexibility index (Phi) is 5.13. The summed E-state index contributed by atoms with van der Waals surface area (Å²) in [6.45, 7) is 1.83. The van der Waals surface area contributed by atoms with Crippen LogP contribution in [0.2, 0.25) is 0 Å². The van der Waals surface area contributed by atoms with Gasteiger partial charge in [-0.25, -0.2) is 9.97 Å². The van der Waals surface area contributed by atoms with Crippen LogP contribution in [-0.4, -0.2) is 51.2 Å². The van der Waals surface area contributed by atoms with Crippen LogP contribution in [0.25, 0.3) is 21.1 Å². The minimum absolute atomic E-state index is 0.0802. The van der Waals surface area contributed by atoms with Crippen LogP contribution >= 0.6 is 11.3 Å².